The molecule has 1 aromatic heterocycles. The summed E-state index contributed by atoms with van der Waals surface area (Å²) >= 11 is 0. The fourth-order valence-corrected chi connectivity index (χ4v) is 4.66. The lowest BCUT2D eigenvalue weighted by atomic mass is 9.95. The summed E-state index contributed by atoms with van der Waals surface area (Å²) in [5.74, 6) is 1.98. The molecule has 1 aliphatic heterocycles. The van der Waals surface area contributed by atoms with Crippen LogP contribution in [-0.4, -0.2) is 46.9 Å². The topological polar surface area (TPSA) is 82.7 Å². The van der Waals surface area contributed by atoms with Crippen LogP contribution in [0.3, 0.4) is 0 Å². The molecule has 44 heavy (non-hydrogen) atoms. The van der Waals surface area contributed by atoms with Crippen LogP contribution in [0, 0.1) is 18.9 Å². The summed E-state index contributed by atoms with van der Waals surface area (Å²) in [6.45, 7) is 24.4. The Labute approximate surface area is 261 Å². The molecule has 2 aromatic rings. The van der Waals surface area contributed by atoms with Gasteiger partial charge < -0.3 is 16.0 Å². The van der Waals surface area contributed by atoms with Crippen molar-refractivity contribution >= 4 is 23.7 Å². The second-order valence-electron chi connectivity index (χ2n) is 9.47. The van der Waals surface area contributed by atoms with Gasteiger partial charge in [-0.15, -0.1) is 0 Å². The van der Waals surface area contributed by atoms with Gasteiger partial charge in [-0.05, 0) is 76.7 Å². The molecule has 1 aromatic carbocycles. The maximum Gasteiger partial charge on any atom is 0.225 e. The zero-order chi connectivity index (χ0) is 32.8. The lowest BCUT2D eigenvalue weighted by Crippen LogP contribution is -2.27. The molecule has 234 valence electrons. The molecule has 0 atom stereocenters. The molecule has 0 saturated heterocycles. The van der Waals surface area contributed by atoms with Gasteiger partial charge in [0.2, 0.25) is 5.95 Å². The third kappa shape index (κ3) is 8.29. The number of aliphatic imine (C=N–C) groups is 1. The van der Waals surface area contributed by atoms with Gasteiger partial charge in [0.15, 0.2) is 5.82 Å². The number of rotatable bonds is 12. The second kappa shape index (κ2) is 17.5. The van der Waals surface area contributed by atoms with E-state index in [1.165, 1.54) is 17.9 Å². The van der Waals surface area contributed by atoms with Crippen LogP contribution in [0.1, 0.15) is 64.7 Å². The molecule has 0 bridgehead atoms. The zero-order valence-electron chi connectivity index (χ0n) is 27.1. The molecule has 0 spiro atoms. The van der Waals surface area contributed by atoms with Gasteiger partial charge >= 0.3 is 0 Å². The highest BCUT2D eigenvalue weighted by atomic mass is 19.1. The van der Waals surface area contributed by atoms with E-state index in [1.807, 2.05) is 39.0 Å². The van der Waals surface area contributed by atoms with Gasteiger partial charge in [0.1, 0.15) is 23.2 Å². The Hall–Kier alpha value is -4.55. The molecule has 0 aliphatic carbocycles. The van der Waals surface area contributed by atoms with Gasteiger partial charge in [-0.2, -0.15) is 9.98 Å². The molecule has 2 heterocycles. The number of benzene rings is 1. The average Bonchev–Trinajstić information content (AvgIpc) is 3.05. The van der Waals surface area contributed by atoms with Crippen molar-refractivity contribution in [3.8, 4) is 23.2 Å². The van der Waals surface area contributed by atoms with Gasteiger partial charge in [-0.25, -0.2) is 13.8 Å². The van der Waals surface area contributed by atoms with Crippen LogP contribution in [0.15, 0.2) is 77.6 Å². The highest BCUT2D eigenvalue weighted by molar-refractivity contribution is 6.01. The maximum absolute atomic E-state index is 15.2. The largest absolute Gasteiger partial charge is 0.383 e. The Bertz CT molecular complexity index is 1520. The number of hydrogen-bond acceptors (Lipinski definition) is 6. The summed E-state index contributed by atoms with van der Waals surface area (Å²) in [7, 11) is 0. The molecule has 7 nitrogen and oxygen atoms in total. The van der Waals surface area contributed by atoms with Crippen LogP contribution in [0.5, 0.6) is 0 Å². The number of halogens is 2. The summed E-state index contributed by atoms with van der Waals surface area (Å²) in [4.78, 5) is 17.5. The summed E-state index contributed by atoms with van der Waals surface area (Å²) in [5, 5.41) is 3.32. The van der Waals surface area contributed by atoms with E-state index in [0.717, 1.165) is 43.3 Å². The standard InChI is InChI=1S/C33H39F2N7.C2H6/c1-8-19-37-31(36)25-16-13-15-24(23(25)7)29-26-18-17-22(6)42(30(27(34)9-2)28(35)10-3)32(26)40-33(39-29)38-20-14-21-41(11-4)12-5;1-2/h9-10,13,15-18H,2,6,11-12,14,20-21H2,1,3-5,7H3,(H2,36,37)(H,38,39,40);1-2H3/b28-10+,30-27-;. The molecule has 3 rings (SSSR count). The molecule has 1 aliphatic rings. The lowest BCUT2D eigenvalue weighted by Gasteiger charge is -2.31. The van der Waals surface area contributed by atoms with Crippen molar-refractivity contribution in [1.29, 1.82) is 0 Å². The highest BCUT2D eigenvalue weighted by Crippen LogP contribution is 2.41. The first kappa shape index (κ1) is 35.6. The Morgan fingerprint density at radius 2 is 1.89 bits per heavy atom. The van der Waals surface area contributed by atoms with Crippen LogP contribution in [-0.2, 0) is 0 Å². The molecule has 9 heteroatoms. The van der Waals surface area contributed by atoms with Crippen LogP contribution in [0.4, 0.5) is 20.5 Å². The Kier molecular flexibility index (Phi) is 14.2. The van der Waals surface area contributed by atoms with Crippen molar-refractivity contribution < 1.29 is 8.78 Å². The van der Waals surface area contributed by atoms with Crippen molar-refractivity contribution in [2.24, 2.45) is 10.7 Å². The molecule has 0 fully saturated rings. The minimum atomic E-state index is -0.846. The zero-order valence-corrected chi connectivity index (χ0v) is 27.1. The van der Waals surface area contributed by atoms with Gasteiger partial charge in [0.25, 0.3) is 0 Å². The third-order valence-corrected chi connectivity index (χ3v) is 6.96. The maximum atomic E-state index is 15.2. The highest BCUT2D eigenvalue weighted by Gasteiger charge is 2.30. The minimum Gasteiger partial charge on any atom is -0.383 e. The first-order valence-corrected chi connectivity index (χ1v) is 15.0. The summed E-state index contributed by atoms with van der Waals surface area (Å²) < 4.78 is 30.4. The summed E-state index contributed by atoms with van der Waals surface area (Å²) in [6, 6.07) is 8.28. The first-order chi connectivity index (χ1) is 21.2. The fourth-order valence-electron chi connectivity index (χ4n) is 4.66. The number of hydrogen-bond donors (Lipinski definition) is 2. The van der Waals surface area contributed by atoms with Crippen LogP contribution in [0.2, 0.25) is 0 Å². The number of nitrogens with zero attached hydrogens (tertiary/aromatic N) is 5. The van der Waals surface area contributed by atoms with E-state index in [1.54, 1.807) is 19.1 Å². The van der Waals surface area contributed by atoms with Crippen LogP contribution in [0.25, 0.3) is 17.3 Å². The predicted octanol–water partition coefficient (Wildman–Crippen LogP) is 7.90. The average molecular weight is 602 g/mol. The van der Waals surface area contributed by atoms with Gasteiger partial charge in [0, 0.05) is 35.0 Å². The van der Waals surface area contributed by atoms with Crippen molar-refractivity contribution in [3.63, 3.8) is 0 Å². The van der Waals surface area contributed by atoms with E-state index in [9.17, 15) is 0 Å². The molecule has 0 amide bonds. The molecule has 3 N–H and O–H groups in total. The number of nitrogens with two attached hydrogens (primary N) is 1. The van der Waals surface area contributed by atoms with Crippen molar-refractivity contribution in [3.05, 3.63) is 89.3 Å². The fraction of sp³-hybridized carbons (Fsp3) is 0.343. The van der Waals surface area contributed by atoms with E-state index >= 15 is 8.78 Å². The van der Waals surface area contributed by atoms with Crippen LogP contribution >= 0.6 is 0 Å². The molecule has 0 unspecified atom stereocenters. The van der Waals surface area contributed by atoms with Gasteiger partial charge in [-0.1, -0.05) is 65.0 Å². The van der Waals surface area contributed by atoms with Gasteiger partial charge in [0.05, 0.1) is 5.69 Å². The number of allylic oxidation sites excluding steroid dienone is 5. The number of nitrogens with one attached hydrogen (secondary N) is 1. The second-order valence-corrected chi connectivity index (χ2v) is 9.47. The minimum absolute atomic E-state index is 0.278. The van der Waals surface area contributed by atoms with E-state index in [2.05, 4.69) is 54.2 Å². The van der Waals surface area contributed by atoms with E-state index < -0.39 is 11.7 Å². The Morgan fingerprint density at radius 1 is 1.18 bits per heavy atom. The summed E-state index contributed by atoms with van der Waals surface area (Å²) in [6.07, 6.45) is 6.49. The third-order valence-electron chi connectivity index (χ3n) is 6.96. The lowest BCUT2D eigenvalue weighted by molar-refractivity contribution is 0.303. The molecule has 0 saturated carbocycles. The number of aromatic nitrogens is 2. The summed E-state index contributed by atoms with van der Waals surface area (Å²) in [5.41, 5.74) is 9.68. The first-order valence-electron chi connectivity index (χ1n) is 15.0. The van der Waals surface area contributed by atoms with E-state index in [4.69, 9.17) is 15.7 Å². The quantitative estimate of drug-likeness (QED) is 0.0846. The van der Waals surface area contributed by atoms with Crippen LogP contribution < -0.4 is 16.0 Å². The Morgan fingerprint density at radius 3 is 2.50 bits per heavy atom. The van der Waals surface area contributed by atoms with E-state index in [-0.39, 0.29) is 17.4 Å². The van der Waals surface area contributed by atoms with Crippen molar-refractivity contribution in [2.75, 3.05) is 36.4 Å². The van der Waals surface area contributed by atoms with Crippen molar-refractivity contribution in [1.82, 2.24) is 14.9 Å². The van der Waals surface area contributed by atoms with Gasteiger partial charge in [-0.3, -0.25) is 4.90 Å². The predicted molar refractivity (Wildman–Crippen MR) is 182 cm³/mol. The monoisotopic (exact) mass is 601 g/mol. The number of amidine groups is 1. The smallest absolute Gasteiger partial charge is 0.225 e. The molecular weight excluding hydrogens is 556 g/mol. The normalized spacial score (nSPS) is 13.4. The Balaban J connectivity index is 0.00000330. The molecular formula is C35H45F2N7. The number of anilines is 2. The number of fused-ring (bicyclic) bond motifs is 1. The van der Waals surface area contributed by atoms with Crippen molar-refractivity contribution in [2.45, 2.75) is 54.9 Å². The SMILES string of the molecule is C=C/C(F)=C(\C(F)=C/C)N1C(=C)C=Cc2c(-c3cccc(C(N)=NC#CC)c3C)nc(NCCCN(CC)CC)nc21.CC. The molecule has 0 radical (unpaired) electrons. The van der Waals surface area contributed by atoms with E-state index in [0.29, 0.717) is 35.0 Å².